The van der Waals surface area contributed by atoms with Crippen LogP contribution in [0.1, 0.15) is 15.4 Å². The fourth-order valence-corrected chi connectivity index (χ4v) is 3.48. The minimum Gasteiger partial charge on any atom is -0.493 e. The number of aromatic nitrogens is 2. The Morgan fingerprint density at radius 3 is 2.65 bits per heavy atom. The van der Waals surface area contributed by atoms with Gasteiger partial charge in [-0.3, -0.25) is 4.79 Å². The fourth-order valence-electron chi connectivity index (χ4n) is 2.36. The summed E-state index contributed by atoms with van der Waals surface area (Å²) < 4.78 is 10.6. The van der Waals surface area contributed by atoms with Gasteiger partial charge in [-0.2, -0.15) is 0 Å². The van der Waals surface area contributed by atoms with Crippen LogP contribution in [0.4, 0.5) is 5.69 Å². The highest BCUT2D eigenvalue weighted by Crippen LogP contribution is 2.35. The molecule has 0 bridgehead atoms. The summed E-state index contributed by atoms with van der Waals surface area (Å²) in [6.45, 7) is 1.79. The molecule has 2 aromatic heterocycles. The van der Waals surface area contributed by atoms with Gasteiger partial charge in [0.25, 0.3) is 5.91 Å². The maximum Gasteiger partial charge on any atom is 0.267 e. The number of hydrogen-bond acceptors (Lipinski definition) is 6. The number of benzene rings is 1. The SMILES string of the molecule is COc1ccc(-c2nc(C)c(C(=O)Nc3cccnc3Cl)s2)cc1OC. The van der Waals surface area contributed by atoms with Gasteiger partial charge >= 0.3 is 0 Å². The van der Waals surface area contributed by atoms with E-state index in [4.69, 9.17) is 21.1 Å². The van der Waals surface area contributed by atoms with Crippen LogP contribution < -0.4 is 14.8 Å². The molecule has 1 N–H and O–H groups in total. The van der Waals surface area contributed by atoms with Crippen LogP contribution >= 0.6 is 22.9 Å². The van der Waals surface area contributed by atoms with E-state index in [2.05, 4.69) is 15.3 Å². The molecule has 0 aliphatic rings. The van der Waals surface area contributed by atoms with Crippen molar-refractivity contribution >= 4 is 34.5 Å². The number of thiazole rings is 1. The molecular weight excluding hydrogens is 374 g/mol. The number of nitrogens with one attached hydrogen (secondary N) is 1. The van der Waals surface area contributed by atoms with Gasteiger partial charge in [0.1, 0.15) is 9.88 Å². The molecule has 0 saturated carbocycles. The third kappa shape index (κ3) is 3.63. The van der Waals surface area contributed by atoms with Gasteiger partial charge in [0.2, 0.25) is 0 Å². The number of rotatable bonds is 5. The van der Waals surface area contributed by atoms with Crippen molar-refractivity contribution in [3.05, 3.63) is 52.3 Å². The van der Waals surface area contributed by atoms with Crippen molar-refractivity contribution in [2.45, 2.75) is 6.92 Å². The normalized spacial score (nSPS) is 10.5. The van der Waals surface area contributed by atoms with Crippen LogP contribution in [0.15, 0.2) is 36.5 Å². The van der Waals surface area contributed by atoms with Gasteiger partial charge in [0, 0.05) is 11.8 Å². The summed E-state index contributed by atoms with van der Waals surface area (Å²) in [7, 11) is 3.16. The molecule has 0 fully saturated rings. The van der Waals surface area contributed by atoms with Crippen molar-refractivity contribution in [1.82, 2.24) is 9.97 Å². The van der Waals surface area contributed by atoms with E-state index in [0.717, 1.165) is 5.56 Å². The van der Waals surface area contributed by atoms with Crippen LogP contribution in [-0.2, 0) is 0 Å². The molecule has 0 radical (unpaired) electrons. The van der Waals surface area contributed by atoms with Crippen LogP contribution in [0.2, 0.25) is 5.15 Å². The Morgan fingerprint density at radius 1 is 1.19 bits per heavy atom. The number of pyridine rings is 1. The second-order valence-electron chi connectivity index (χ2n) is 5.30. The van der Waals surface area contributed by atoms with Crippen LogP contribution in [0, 0.1) is 6.92 Å². The number of amides is 1. The highest BCUT2D eigenvalue weighted by atomic mass is 35.5. The van der Waals surface area contributed by atoms with E-state index in [1.54, 1.807) is 45.5 Å². The summed E-state index contributed by atoms with van der Waals surface area (Å²) in [5, 5.41) is 3.72. The molecule has 0 atom stereocenters. The van der Waals surface area contributed by atoms with Crippen molar-refractivity contribution < 1.29 is 14.3 Å². The van der Waals surface area contributed by atoms with Gasteiger partial charge in [0.05, 0.1) is 25.6 Å². The summed E-state index contributed by atoms with van der Waals surface area (Å²) in [4.78, 5) is 21.6. The molecule has 0 unspecified atom stereocenters. The Morgan fingerprint density at radius 2 is 1.96 bits per heavy atom. The number of carbonyl (C=O) groups excluding carboxylic acids is 1. The van der Waals surface area contributed by atoms with E-state index >= 15 is 0 Å². The molecular formula is C18H16ClN3O3S. The number of carbonyl (C=O) groups is 1. The second-order valence-corrected chi connectivity index (χ2v) is 6.66. The Bertz CT molecular complexity index is 959. The summed E-state index contributed by atoms with van der Waals surface area (Å²) in [6.07, 6.45) is 1.56. The standard InChI is InChI=1S/C18H16ClN3O3S/c1-10-15(17(23)22-12-5-4-8-20-16(12)19)26-18(21-10)11-6-7-13(24-2)14(9-11)25-3/h4-9H,1-3H3,(H,22,23). The van der Waals surface area contributed by atoms with Gasteiger partial charge in [-0.05, 0) is 37.3 Å². The quantitative estimate of drug-likeness (QED) is 0.653. The maximum absolute atomic E-state index is 12.6. The van der Waals surface area contributed by atoms with Gasteiger partial charge < -0.3 is 14.8 Å². The Kier molecular flexibility index (Phi) is 5.39. The highest BCUT2D eigenvalue weighted by molar-refractivity contribution is 7.17. The predicted molar refractivity (Wildman–Crippen MR) is 103 cm³/mol. The number of ether oxygens (including phenoxy) is 2. The van der Waals surface area contributed by atoms with E-state index in [0.29, 0.717) is 32.8 Å². The molecule has 6 nitrogen and oxygen atoms in total. The topological polar surface area (TPSA) is 73.3 Å². The van der Waals surface area contributed by atoms with Gasteiger partial charge in [-0.15, -0.1) is 11.3 Å². The molecule has 0 spiro atoms. The van der Waals surface area contributed by atoms with Gasteiger partial charge in [0.15, 0.2) is 16.7 Å². The first-order chi connectivity index (χ1) is 12.5. The smallest absolute Gasteiger partial charge is 0.267 e. The van der Waals surface area contributed by atoms with Crippen LogP contribution in [-0.4, -0.2) is 30.1 Å². The minimum atomic E-state index is -0.276. The average molecular weight is 390 g/mol. The minimum absolute atomic E-state index is 0.239. The van der Waals surface area contributed by atoms with E-state index in [9.17, 15) is 4.79 Å². The predicted octanol–water partition coefficient (Wildman–Crippen LogP) is 4.44. The number of anilines is 1. The molecule has 8 heteroatoms. The van der Waals surface area contributed by atoms with Gasteiger partial charge in [-0.25, -0.2) is 9.97 Å². The Labute approximate surface area is 159 Å². The van der Waals surface area contributed by atoms with Crippen molar-refractivity contribution in [3.63, 3.8) is 0 Å². The number of hydrogen-bond donors (Lipinski definition) is 1. The Balaban J connectivity index is 1.90. The third-order valence-electron chi connectivity index (χ3n) is 3.64. The molecule has 3 rings (SSSR count). The van der Waals surface area contributed by atoms with Crippen molar-refractivity contribution in [2.24, 2.45) is 0 Å². The summed E-state index contributed by atoms with van der Waals surface area (Å²) >= 11 is 7.29. The molecule has 3 aromatic rings. The summed E-state index contributed by atoms with van der Waals surface area (Å²) in [5.41, 5.74) is 1.94. The Hall–Kier alpha value is -2.64. The number of aryl methyl sites for hydroxylation is 1. The number of methoxy groups -OCH3 is 2. The number of halogens is 1. The summed E-state index contributed by atoms with van der Waals surface area (Å²) in [5.74, 6) is 0.960. The first-order valence-corrected chi connectivity index (χ1v) is 8.84. The van der Waals surface area contributed by atoms with Gasteiger partial charge in [-0.1, -0.05) is 11.6 Å². The monoisotopic (exact) mass is 389 g/mol. The first-order valence-electron chi connectivity index (χ1n) is 7.65. The molecule has 134 valence electrons. The largest absolute Gasteiger partial charge is 0.493 e. The third-order valence-corrected chi connectivity index (χ3v) is 5.15. The maximum atomic E-state index is 12.6. The van der Waals surface area contributed by atoms with Crippen LogP contribution in [0.5, 0.6) is 11.5 Å². The second kappa shape index (κ2) is 7.72. The van der Waals surface area contributed by atoms with Crippen molar-refractivity contribution in [2.75, 3.05) is 19.5 Å². The lowest BCUT2D eigenvalue weighted by atomic mass is 10.2. The zero-order valence-electron chi connectivity index (χ0n) is 14.4. The van der Waals surface area contributed by atoms with Crippen molar-refractivity contribution in [3.8, 4) is 22.1 Å². The van der Waals surface area contributed by atoms with Crippen molar-refractivity contribution in [1.29, 1.82) is 0 Å². The van der Waals surface area contributed by atoms with E-state index in [1.165, 1.54) is 11.3 Å². The van der Waals surface area contributed by atoms with E-state index < -0.39 is 0 Å². The molecule has 0 aliphatic heterocycles. The molecule has 1 amide bonds. The van der Waals surface area contributed by atoms with Crippen LogP contribution in [0.3, 0.4) is 0 Å². The van der Waals surface area contributed by atoms with E-state index in [1.807, 2.05) is 12.1 Å². The lowest BCUT2D eigenvalue weighted by Crippen LogP contribution is -2.12. The molecule has 1 aromatic carbocycles. The first kappa shape index (κ1) is 18.2. The zero-order chi connectivity index (χ0) is 18.7. The summed E-state index contributed by atoms with van der Waals surface area (Å²) in [6, 6.07) is 8.91. The number of nitrogens with zero attached hydrogens (tertiary/aromatic N) is 2. The fraction of sp³-hybridized carbons (Fsp3) is 0.167. The van der Waals surface area contributed by atoms with Crippen LogP contribution in [0.25, 0.3) is 10.6 Å². The lowest BCUT2D eigenvalue weighted by molar-refractivity contribution is 0.103. The zero-order valence-corrected chi connectivity index (χ0v) is 15.9. The highest BCUT2D eigenvalue weighted by Gasteiger charge is 2.18. The molecule has 2 heterocycles. The van der Waals surface area contributed by atoms with E-state index in [-0.39, 0.29) is 11.1 Å². The molecule has 26 heavy (non-hydrogen) atoms. The molecule has 0 saturated heterocycles. The average Bonchev–Trinajstić information content (AvgIpc) is 3.04. The lowest BCUT2D eigenvalue weighted by Gasteiger charge is -2.08. The molecule has 0 aliphatic carbocycles.